The fourth-order valence-electron chi connectivity index (χ4n) is 2.71. The zero-order valence-corrected chi connectivity index (χ0v) is 10.5. The van der Waals surface area contributed by atoms with Gasteiger partial charge in [0.2, 0.25) is 0 Å². The van der Waals surface area contributed by atoms with Gasteiger partial charge in [-0.3, -0.25) is 4.98 Å². The van der Waals surface area contributed by atoms with E-state index in [1.54, 1.807) is 0 Å². The van der Waals surface area contributed by atoms with Gasteiger partial charge in [-0.15, -0.1) is 0 Å². The number of hydrogen-bond donors (Lipinski definition) is 1. The standard InChI is InChI=1S/C16H18N2/c1-2-8-15-14(6-1)7-3-9-16(15)18-12-13-5-4-10-17-11-13/h1-2,4-6,8,10-11,16,18H,3,7,9,12H2/t16-/m0/s1. The molecule has 1 atom stereocenters. The van der Waals surface area contributed by atoms with Gasteiger partial charge in [0.05, 0.1) is 0 Å². The molecule has 0 saturated heterocycles. The highest BCUT2D eigenvalue weighted by molar-refractivity contribution is 5.32. The van der Waals surface area contributed by atoms with Crippen LogP contribution in [-0.2, 0) is 13.0 Å². The third-order valence-electron chi connectivity index (χ3n) is 3.64. The first-order chi connectivity index (χ1) is 8.93. The lowest BCUT2D eigenvalue weighted by Crippen LogP contribution is -2.24. The minimum atomic E-state index is 0.496. The molecule has 1 aromatic heterocycles. The van der Waals surface area contributed by atoms with E-state index in [4.69, 9.17) is 0 Å². The number of hydrogen-bond acceptors (Lipinski definition) is 2. The Hall–Kier alpha value is -1.67. The lowest BCUT2D eigenvalue weighted by Gasteiger charge is -2.26. The molecule has 0 bridgehead atoms. The van der Waals surface area contributed by atoms with E-state index in [0.717, 1.165) is 6.54 Å². The van der Waals surface area contributed by atoms with Crippen molar-refractivity contribution < 1.29 is 0 Å². The fourth-order valence-corrected chi connectivity index (χ4v) is 2.71. The monoisotopic (exact) mass is 238 g/mol. The summed E-state index contributed by atoms with van der Waals surface area (Å²) in [5, 5.41) is 3.65. The minimum absolute atomic E-state index is 0.496. The summed E-state index contributed by atoms with van der Waals surface area (Å²) in [6.07, 6.45) is 7.49. The summed E-state index contributed by atoms with van der Waals surface area (Å²) in [6, 6.07) is 13.4. The number of rotatable bonds is 3. The quantitative estimate of drug-likeness (QED) is 0.888. The summed E-state index contributed by atoms with van der Waals surface area (Å²) in [4.78, 5) is 4.15. The summed E-state index contributed by atoms with van der Waals surface area (Å²) < 4.78 is 0. The van der Waals surface area contributed by atoms with Crippen LogP contribution in [-0.4, -0.2) is 4.98 Å². The Labute approximate surface area is 108 Å². The lowest BCUT2D eigenvalue weighted by molar-refractivity contribution is 0.459. The van der Waals surface area contributed by atoms with E-state index in [0.29, 0.717) is 6.04 Å². The van der Waals surface area contributed by atoms with Crippen molar-refractivity contribution in [1.82, 2.24) is 10.3 Å². The fraction of sp³-hybridized carbons (Fsp3) is 0.312. The van der Waals surface area contributed by atoms with Crippen LogP contribution in [0.3, 0.4) is 0 Å². The summed E-state index contributed by atoms with van der Waals surface area (Å²) in [7, 11) is 0. The maximum absolute atomic E-state index is 4.15. The van der Waals surface area contributed by atoms with Gasteiger partial charge in [-0.2, -0.15) is 0 Å². The van der Waals surface area contributed by atoms with Crippen LogP contribution in [0.15, 0.2) is 48.8 Å². The first-order valence-electron chi connectivity index (χ1n) is 6.63. The van der Waals surface area contributed by atoms with E-state index in [2.05, 4.69) is 40.6 Å². The molecule has 0 amide bonds. The average molecular weight is 238 g/mol. The SMILES string of the molecule is c1cncc(CN[C@H]2CCCc3ccccc32)c1. The van der Waals surface area contributed by atoms with Crippen molar-refractivity contribution in [2.45, 2.75) is 31.8 Å². The number of pyridine rings is 1. The Bertz CT molecular complexity index is 508. The van der Waals surface area contributed by atoms with Crippen LogP contribution in [0.5, 0.6) is 0 Å². The number of benzene rings is 1. The van der Waals surface area contributed by atoms with E-state index in [1.165, 1.54) is 36.0 Å². The molecular weight excluding hydrogens is 220 g/mol. The van der Waals surface area contributed by atoms with Gasteiger partial charge in [-0.1, -0.05) is 30.3 Å². The lowest BCUT2D eigenvalue weighted by atomic mass is 9.88. The van der Waals surface area contributed by atoms with Crippen LogP contribution >= 0.6 is 0 Å². The van der Waals surface area contributed by atoms with E-state index >= 15 is 0 Å². The predicted molar refractivity (Wildman–Crippen MR) is 73.2 cm³/mol. The first kappa shape index (κ1) is 11.4. The van der Waals surface area contributed by atoms with Gasteiger partial charge in [0.1, 0.15) is 0 Å². The van der Waals surface area contributed by atoms with Crippen molar-refractivity contribution in [2.75, 3.05) is 0 Å². The Morgan fingerprint density at radius 2 is 2.11 bits per heavy atom. The molecule has 92 valence electrons. The molecule has 2 heteroatoms. The van der Waals surface area contributed by atoms with Crippen LogP contribution in [0.25, 0.3) is 0 Å². The topological polar surface area (TPSA) is 24.9 Å². The van der Waals surface area contributed by atoms with E-state index in [1.807, 2.05) is 18.5 Å². The Morgan fingerprint density at radius 3 is 3.00 bits per heavy atom. The first-order valence-corrected chi connectivity index (χ1v) is 6.63. The second-order valence-electron chi connectivity index (χ2n) is 4.89. The Kier molecular flexibility index (Phi) is 3.37. The Balaban J connectivity index is 1.71. The molecule has 1 N–H and O–H groups in total. The summed E-state index contributed by atoms with van der Waals surface area (Å²) in [5.41, 5.74) is 4.24. The molecule has 0 aliphatic heterocycles. The molecule has 18 heavy (non-hydrogen) atoms. The van der Waals surface area contributed by atoms with Crippen LogP contribution < -0.4 is 5.32 Å². The third-order valence-corrected chi connectivity index (χ3v) is 3.64. The second kappa shape index (κ2) is 5.32. The molecular formula is C16H18N2. The summed E-state index contributed by atoms with van der Waals surface area (Å²) in [6.45, 7) is 0.896. The third kappa shape index (κ3) is 2.44. The Morgan fingerprint density at radius 1 is 1.17 bits per heavy atom. The van der Waals surface area contributed by atoms with Gasteiger partial charge in [0.15, 0.2) is 0 Å². The number of nitrogens with one attached hydrogen (secondary N) is 1. The maximum atomic E-state index is 4.15. The van der Waals surface area contributed by atoms with Crippen molar-refractivity contribution >= 4 is 0 Å². The van der Waals surface area contributed by atoms with Crippen molar-refractivity contribution in [1.29, 1.82) is 0 Å². The largest absolute Gasteiger partial charge is 0.306 e. The molecule has 3 rings (SSSR count). The highest BCUT2D eigenvalue weighted by atomic mass is 14.9. The average Bonchev–Trinajstić information content (AvgIpc) is 2.46. The van der Waals surface area contributed by atoms with E-state index in [9.17, 15) is 0 Å². The van der Waals surface area contributed by atoms with Crippen LogP contribution in [0.4, 0.5) is 0 Å². The predicted octanol–water partition coefficient (Wildman–Crippen LogP) is 3.25. The highest BCUT2D eigenvalue weighted by Crippen LogP contribution is 2.29. The maximum Gasteiger partial charge on any atom is 0.0326 e. The van der Waals surface area contributed by atoms with Crippen molar-refractivity contribution in [3.63, 3.8) is 0 Å². The smallest absolute Gasteiger partial charge is 0.0326 e. The van der Waals surface area contributed by atoms with Crippen LogP contribution in [0.1, 0.15) is 35.6 Å². The van der Waals surface area contributed by atoms with Crippen molar-refractivity contribution in [3.8, 4) is 0 Å². The van der Waals surface area contributed by atoms with E-state index < -0.39 is 0 Å². The van der Waals surface area contributed by atoms with Crippen LogP contribution in [0, 0.1) is 0 Å². The number of aromatic nitrogens is 1. The zero-order chi connectivity index (χ0) is 12.2. The molecule has 1 aliphatic rings. The van der Waals surface area contributed by atoms with Gasteiger partial charge in [-0.25, -0.2) is 0 Å². The number of aryl methyl sites for hydroxylation is 1. The normalized spacial score (nSPS) is 18.3. The molecule has 0 spiro atoms. The van der Waals surface area contributed by atoms with Gasteiger partial charge in [0, 0.05) is 25.0 Å². The molecule has 2 aromatic rings. The van der Waals surface area contributed by atoms with Gasteiger partial charge in [0.25, 0.3) is 0 Å². The molecule has 0 fully saturated rings. The van der Waals surface area contributed by atoms with Gasteiger partial charge in [-0.05, 0) is 42.0 Å². The molecule has 0 radical (unpaired) electrons. The van der Waals surface area contributed by atoms with Crippen LogP contribution in [0.2, 0.25) is 0 Å². The number of fused-ring (bicyclic) bond motifs is 1. The minimum Gasteiger partial charge on any atom is -0.306 e. The van der Waals surface area contributed by atoms with E-state index in [-0.39, 0.29) is 0 Å². The molecule has 1 aromatic carbocycles. The number of nitrogens with zero attached hydrogens (tertiary/aromatic N) is 1. The second-order valence-corrected chi connectivity index (χ2v) is 4.89. The molecule has 0 saturated carbocycles. The highest BCUT2D eigenvalue weighted by Gasteiger charge is 2.18. The van der Waals surface area contributed by atoms with Crippen molar-refractivity contribution in [3.05, 3.63) is 65.5 Å². The molecule has 1 heterocycles. The zero-order valence-electron chi connectivity index (χ0n) is 10.5. The molecule has 1 aliphatic carbocycles. The molecule has 2 nitrogen and oxygen atoms in total. The summed E-state index contributed by atoms with van der Waals surface area (Å²) in [5.74, 6) is 0. The van der Waals surface area contributed by atoms with Gasteiger partial charge >= 0.3 is 0 Å². The van der Waals surface area contributed by atoms with Gasteiger partial charge < -0.3 is 5.32 Å². The van der Waals surface area contributed by atoms with Crippen molar-refractivity contribution in [2.24, 2.45) is 0 Å². The molecule has 0 unspecified atom stereocenters. The summed E-state index contributed by atoms with van der Waals surface area (Å²) >= 11 is 0.